The summed E-state index contributed by atoms with van der Waals surface area (Å²) in [7, 11) is 0. The lowest BCUT2D eigenvalue weighted by molar-refractivity contribution is 0.0917. The molecule has 190 valence electrons. The summed E-state index contributed by atoms with van der Waals surface area (Å²) in [5, 5.41) is 6.32. The number of aryl methyl sites for hydroxylation is 1. The fourth-order valence-corrected chi connectivity index (χ4v) is 5.12. The normalized spacial score (nSPS) is 17.2. The topological polar surface area (TPSA) is 88.0 Å². The van der Waals surface area contributed by atoms with Crippen molar-refractivity contribution in [2.24, 2.45) is 0 Å². The predicted molar refractivity (Wildman–Crippen MR) is 138 cm³/mol. The Morgan fingerprint density at radius 3 is 2.56 bits per heavy atom. The van der Waals surface area contributed by atoms with Gasteiger partial charge in [-0.3, -0.25) is 4.79 Å². The number of nitrogens with one attached hydrogen (secondary N) is 2. The molecule has 2 aromatic heterocycles. The molecule has 1 aromatic carbocycles. The van der Waals surface area contributed by atoms with E-state index in [9.17, 15) is 9.59 Å². The highest BCUT2D eigenvalue weighted by Crippen LogP contribution is 2.19. The van der Waals surface area contributed by atoms with Gasteiger partial charge in [-0.1, -0.05) is 31.4 Å². The second kappa shape index (κ2) is 11.0. The van der Waals surface area contributed by atoms with Crippen LogP contribution in [-0.2, 0) is 6.61 Å². The van der Waals surface area contributed by atoms with Gasteiger partial charge < -0.3 is 24.7 Å². The summed E-state index contributed by atoms with van der Waals surface area (Å²) < 4.78 is 7.92. The zero-order valence-electron chi connectivity index (χ0n) is 20.9. The second-order valence-electron chi connectivity index (χ2n) is 10.0. The SMILES string of the molecule is Cc1ccc2nc(COc3cccc(C(=O)NC4CCN(C(=O)NC5CCCCC5)CC4)c3)cn2c1. The smallest absolute Gasteiger partial charge is 0.317 e. The lowest BCUT2D eigenvalue weighted by atomic mass is 9.95. The molecule has 0 unspecified atom stereocenters. The summed E-state index contributed by atoms with van der Waals surface area (Å²) >= 11 is 0. The molecule has 2 N–H and O–H groups in total. The van der Waals surface area contributed by atoms with Gasteiger partial charge in [-0.05, 0) is 62.4 Å². The van der Waals surface area contributed by atoms with Crippen LogP contribution in [0.4, 0.5) is 4.79 Å². The third-order valence-electron chi connectivity index (χ3n) is 7.18. The fourth-order valence-electron chi connectivity index (χ4n) is 5.12. The molecule has 3 heterocycles. The minimum atomic E-state index is -0.117. The molecule has 2 aliphatic rings. The highest BCUT2D eigenvalue weighted by atomic mass is 16.5. The average Bonchev–Trinajstić information content (AvgIpc) is 3.30. The van der Waals surface area contributed by atoms with Crippen molar-refractivity contribution in [1.82, 2.24) is 24.9 Å². The molecule has 1 aliphatic carbocycles. The van der Waals surface area contributed by atoms with Crippen LogP contribution < -0.4 is 15.4 Å². The van der Waals surface area contributed by atoms with Crippen molar-refractivity contribution in [2.45, 2.75) is 70.6 Å². The number of ether oxygens (including phenoxy) is 1. The summed E-state index contributed by atoms with van der Waals surface area (Å²) in [5.41, 5.74) is 3.44. The van der Waals surface area contributed by atoms with E-state index in [0.717, 1.165) is 37.0 Å². The molecule has 0 spiro atoms. The van der Waals surface area contributed by atoms with Crippen molar-refractivity contribution >= 4 is 17.6 Å². The standard InChI is InChI=1S/C28H35N5O3/c1-20-10-11-26-29-24(18-33(26)17-20)19-36-25-9-5-6-21(16-25)27(34)30-23-12-14-32(15-13-23)28(35)31-22-7-3-2-4-8-22/h5-6,9-11,16-18,22-23H,2-4,7-8,12-15,19H2,1H3,(H,30,34)(H,31,35). The van der Waals surface area contributed by atoms with Crippen LogP contribution in [0.15, 0.2) is 48.8 Å². The maximum atomic E-state index is 12.9. The molecule has 1 saturated carbocycles. The van der Waals surface area contributed by atoms with E-state index in [4.69, 9.17) is 4.74 Å². The van der Waals surface area contributed by atoms with E-state index in [1.165, 1.54) is 24.8 Å². The van der Waals surface area contributed by atoms with Crippen molar-refractivity contribution in [3.8, 4) is 5.75 Å². The number of amides is 3. The van der Waals surface area contributed by atoms with Crippen LogP contribution in [0.2, 0.25) is 0 Å². The molecule has 0 radical (unpaired) electrons. The number of rotatable bonds is 6. The van der Waals surface area contributed by atoms with Gasteiger partial charge in [-0.15, -0.1) is 0 Å². The molecule has 8 nitrogen and oxygen atoms in total. The van der Waals surface area contributed by atoms with Gasteiger partial charge in [0.15, 0.2) is 0 Å². The molecule has 8 heteroatoms. The van der Waals surface area contributed by atoms with Crippen LogP contribution in [0, 0.1) is 6.92 Å². The molecule has 1 aliphatic heterocycles. The van der Waals surface area contributed by atoms with E-state index in [1.807, 2.05) is 52.9 Å². The van der Waals surface area contributed by atoms with Gasteiger partial charge in [0.2, 0.25) is 0 Å². The van der Waals surface area contributed by atoms with E-state index in [0.29, 0.717) is 37.1 Å². The van der Waals surface area contributed by atoms with Gasteiger partial charge in [-0.2, -0.15) is 0 Å². The van der Waals surface area contributed by atoms with Gasteiger partial charge in [0.25, 0.3) is 5.91 Å². The first-order chi connectivity index (χ1) is 17.5. The first kappa shape index (κ1) is 24.2. The zero-order valence-corrected chi connectivity index (χ0v) is 20.9. The highest BCUT2D eigenvalue weighted by Gasteiger charge is 2.26. The molecule has 3 aromatic rings. The van der Waals surface area contributed by atoms with Gasteiger partial charge in [0.05, 0.1) is 5.69 Å². The maximum absolute atomic E-state index is 12.9. The fraction of sp³-hybridized carbons (Fsp3) is 0.464. The van der Waals surface area contributed by atoms with Crippen LogP contribution in [0.5, 0.6) is 5.75 Å². The van der Waals surface area contributed by atoms with Gasteiger partial charge in [0, 0.05) is 43.1 Å². The zero-order chi connectivity index (χ0) is 24.9. The number of urea groups is 1. The van der Waals surface area contributed by atoms with Crippen molar-refractivity contribution in [2.75, 3.05) is 13.1 Å². The Kier molecular flexibility index (Phi) is 7.39. The molecular formula is C28H35N5O3. The summed E-state index contributed by atoms with van der Waals surface area (Å²) in [6, 6.07) is 11.7. The average molecular weight is 490 g/mol. The van der Waals surface area contributed by atoms with Gasteiger partial charge >= 0.3 is 6.03 Å². The summed E-state index contributed by atoms with van der Waals surface area (Å²) in [4.78, 5) is 31.9. The van der Waals surface area contributed by atoms with E-state index < -0.39 is 0 Å². The lowest BCUT2D eigenvalue weighted by Gasteiger charge is -2.34. The number of carbonyl (C=O) groups is 2. The maximum Gasteiger partial charge on any atom is 0.317 e. The Morgan fingerprint density at radius 2 is 1.75 bits per heavy atom. The van der Waals surface area contributed by atoms with E-state index in [1.54, 1.807) is 12.1 Å². The summed E-state index contributed by atoms with van der Waals surface area (Å²) in [6.45, 7) is 3.69. The predicted octanol–water partition coefficient (Wildman–Crippen LogP) is 4.46. The summed E-state index contributed by atoms with van der Waals surface area (Å²) in [6.07, 6.45) is 11.3. The quantitative estimate of drug-likeness (QED) is 0.535. The highest BCUT2D eigenvalue weighted by molar-refractivity contribution is 5.94. The van der Waals surface area contributed by atoms with Gasteiger partial charge in [0.1, 0.15) is 18.0 Å². The van der Waals surface area contributed by atoms with E-state index in [2.05, 4.69) is 15.6 Å². The van der Waals surface area contributed by atoms with Crippen LogP contribution in [0.1, 0.15) is 66.6 Å². The Hall–Kier alpha value is -3.55. The van der Waals surface area contributed by atoms with Crippen LogP contribution in [-0.4, -0.2) is 51.4 Å². The van der Waals surface area contributed by atoms with Crippen molar-refractivity contribution in [3.63, 3.8) is 0 Å². The van der Waals surface area contributed by atoms with Gasteiger partial charge in [-0.25, -0.2) is 9.78 Å². The molecule has 0 atom stereocenters. The number of fused-ring (bicyclic) bond motifs is 1. The minimum Gasteiger partial charge on any atom is -0.487 e. The summed E-state index contributed by atoms with van der Waals surface area (Å²) in [5.74, 6) is 0.513. The van der Waals surface area contributed by atoms with Crippen LogP contribution in [0.25, 0.3) is 5.65 Å². The molecule has 5 rings (SSSR count). The number of hydrogen-bond donors (Lipinski definition) is 2. The number of pyridine rings is 1. The number of benzene rings is 1. The first-order valence-electron chi connectivity index (χ1n) is 13.1. The third kappa shape index (κ3) is 5.98. The Bertz CT molecular complexity index is 1210. The Balaban J connectivity index is 1.10. The molecule has 3 amide bonds. The number of aromatic nitrogens is 2. The van der Waals surface area contributed by atoms with E-state index in [-0.39, 0.29) is 18.0 Å². The monoisotopic (exact) mass is 489 g/mol. The van der Waals surface area contributed by atoms with Crippen molar-refractivity contribution in [3.05, 3.63) is 65.6 Å². The number of carbonyl (C=O) groups excluding carboxylic acids is 2. The van der Waals surface area contributed by atoms with Crippen molar-refractivity contribution < 1.29 is 14.3 Å². The Labute approximate surface area is 212 Å². The number of imidazole rings is 1. The number of piperidine rings is 1. The second-order valence-corrected chi connectivity index (χ2v) is 10.0. The van der Waals surface area contributed by atoms with E-state index >= 15 is 0 Å². The van der Waals surface area contributed by atoms with Crippen LogP contribution in [0.3, 0.4) is 0 Å². The molecular weight excluding hydrogens is 454 g/mol. The number of likely N-dealkylation sites (tertiary alicyclic amines) is 1. The molecule has 1 saturated heterocycles. The number of hydrogen-bond acceptors (Lipinski definition) is 4. The first-order valence-corrected chi connectivity index (χ1v) is 13.1. The largest absolute Gasteiger partial charge is 0.487 e. The third-order valence-corrected chi connectivity index (χ3v) is 7.18. The number of nitrogens with zero attached hydrogens (tertiary/aromatic N) is 3. The van der Waals surface area contributed by atoms with Crippen molar-refractivity contribution in [1.29, 1.82) is 0 Å². The molecule has 2 fully saturated rings. The van der Waals surface area contributed by atoms with Crippen LogP contribution >= 0.6 is 0 Å². The Morgan fingerprint density at radius 1 is 0.972 bits per heavy atom. The molecule has 36 heavy (non-hydrogen) atoms. The molecule has 0 bridgehead atoms. The minimum absolute atomic E-state index is 0.0391. The lowest BCUT2D eigenvalue weighted by Crippen LogP contribution is -2.51.